The van der Waals surface area contributed by atoms with Crippen LogP contribution in [-0.2, 0) is 6.54 Å². The van der Waals surface area contributed by atoms with Crippen molar-refractivity contribution in [3.63, 3.8) is 0 Å². The zero-order chi connectivity index (χ0) is 18.1. The number of fused-ring (bicyclic) bond motifs is 1. The van der Waals surface area contributed by atoms with Crippen molar-refractivity contribution in [3.8, 4) is 10.8 Å². The van der Waals surface area contributed by atoms with E-state index in [1.165, 1.54) is 29.7 Å². The molecule has 0 radical (unpaired) electrons. The maximum absolute atomic E-state index is 13.3. The Labute approximate surface area is 152 Å². The molecular weight excluding hydrogens is 353 g/mol. The van der Waals surface area contributed by atoms with Gasteiger partial charge in [-0.25, -0.2) is 9.37 Å². The Hall–Kier alpha value is -3.06. The normalized spacial score (nSPS) is 11.0. The quantitative estimate of drug-likeness (QED) is 0.583. The zero-order valence-electron chi connectivity index (χ0n) is 13.8. The highest BCUT2D eigenvalue weighted by Crippen LogP contribution is 2.23. The smallest absolute Gasteiger partial charge is 0.253 e. The van der Waals surface area contributed by atoms with Crippen molar-refractivity contribution in [2.75, 3.05) is 0 Å². The SMILES string of the molecule is Cc1nc2cc(F)ccc2cc1C(=O)NCc1coc(-c2cccs2)n1. The van der Waals surface area contributed by atoms with Crippen molar-refractivity contribution in [1.82, 2.24) is 15.3 Å². The number of aryl methyl sites for hydroxylation is 1. The third-order valence-corrected chi connectivity index (χ3v) is 4.79. The summed E-state index contributed by atoms with van der Waals surface area (Å²) < 4.78 is 18.7. The summed E-state index contributed by atoms with van der Waals surface area (Å²) in [6, 6.07) is 9.87. The summed E-state index contributed by atoms with van der Waals surface area (Å²) in [5.74, 6) is -0.0779. The van der Waals surface area contributed by atoms with Crippen LogP contribution in [0.4, 0.5) is 4.39 Å². The fourth-order valence-corrected chi connectivity index (χ4v) is 3.29. The van der Waals surface area contributed by atoms with Crippen LogP contribution in [0.1, 0.15) is 21.7 Å². The Morgan fingerprint density at radius 2 is 2.15 bits per heavy atom. The molecular formula is C19H14FN3O2S. The molecule has 1 N–H and O–H groups in total. The number of nitrogens with zero attached hydrogens (tertiary/aromatic N) is 2. The second-order valence-corrected chi connectivity index (χ2v) is 6.71. The van der Waals surface area contributed by atoms with E-state index in [0.717, 1.165) is 4.88 Å². The largest absolute Gasteiger partial charge is 0.443 e. The Kier molecular flexibility index (Phi) is 4.22. The summed E-state index contributed by atoms with van der Waals surface area (Å²) in [6.07, 6.45) is 1.53. The molecule has 0 atom stereocenters. The average molecular weight is 367 g/mol. The second kappa shape index (κ2) is 6.68. The summed E-state index contributed by atoms with van der Waals surface area (Å²) in [5.41, 5.74) is 2.15. The van der Waals surface area contributed by atoms with Crippen LogP contribution in [0.25, 0.3) is 21.7 Å². The highest BCUT2D eigenvalue weighted by atomic mass is 32.1. The van der Waals surface area contributed by atoms with Crippen molar-refractivity contribution >= 4 is 28.1 Å². The number of carbonyl (C=O) groups excluding carboxylic acids is 1. The van der Waals surface area contributed by atoms with E-state index in [2.05, 4.69) is 15.3 Å². The number of oxazole rings is 1. The molecule has 0 aliphatic carbocycles. The molecule has 0 bridgehead atoms. The number of pyridine rings is 1. The fourth-order valence-electron chi connectivity index (χ4n) is 2.63. The predicted octanol–water partition coefficient (Wildman–Crippen LogP) is 4.33. The second-order valence-electron chi connectivity index (χ2n) is 5.76. The molecule has 4 aromatic rings. The molecule has 0 saturated heterocycles. The number of amides is 1. The van der Waals surface area contributed by atoms with Gasteiger partial charge >= 0.3 is 0 Å². The highest BCUT2D eigenvalue weighted by molar-refractivity contribution is 7.13. The standard InChI is InChI=1S/C19H14FN3O2S/c1-11-15(7-12-4-5-13(20)8-16(12)22-11)18(24)21-9-14-10-25-19(23-14)17-3-2-6-26-17/h2-8,10H,9H2,1H3,(H,21,24). The van der Waals surface area contributed by atoms with Crippen molar-refractivity contribution in [3.05, 3.63) is 70.8 Å². The van der Waals surface area contributed by atoms with Gasteiger partial charge in [-0.3, -0.25) is 9.78 Å². The van der Waals surface area contributed by atoms with E-state index in [4.69, 9.17) is 4.42 Å². The minimum absolute atomic E-state index is 0.245. The minimum atomic E-state index is -0.353. The van der Waals surface area contributed by atoms with Crippen molar-refractivity contribution in [2.24, 2.45) is 0 Å². The van der Waals surface area contributed by atoms with E-state index in [9.17, 15) is 9.18 Å². The van der Waals surface area contributed by atoms with Crippen LogP contribution in [-0.4, -0.2) is 15.9 Å². The van der Waals surface area contributed by atoms with Crippen LogP contribution in [0.5, 0.6) is 0 Å². The molecule has 0 aliphatic rings. The fraction of sp³-hybridized carbons (Fsp3) is 0.105. The average Bonchev–Trinajstić information content (AvgIpc) is 3.30. The number of hydrogen-bond acceptors (Lipinski definition) is 5. The Morgan fingerprint density at radius 3 is 2.96 bits per heavy atom. The number of thiophene rings is 1. The number of rotatable bonds is 4. The number of carbonyl (C=O) groups is 1. The van der Waals surface area contributed by atoms with E-state index in [1.54, 1.807) is 19.1 Å². The van der Waals surface area contributed by atoms with Gasteiger partial charge in [0.15, 0.2) is 0 Å². The van der Waals surface area contributed by atoms with Gasteiger partial charge in [0.1, 0.15) is 12.1 Å². The Morgan fingerprint density at radius 1 is 1.27 bits per heavy atom. The number of benzene rings is 1. The van der Waals surface area contributed by atoms with E-state index >= 15 is 0 Å². The molecule has 26 heavy (non-hydrogen) atoms. The van der Waals surface area contributed by atoms with Gasteiger partial charge in [-0.1, -0.05) is 6.07 Å². The minimum Gasteiger partial charge on any atom is -0.443 e. The lowest BCUT2D eigenvalue weighted by Gasteiger charge is -2.08. The molecule has 1 amide bonds. The van der Waals surface area contributed by atoms with Gasteiger partial charge in [0.2, 0.25) is 5.89 Å². The van der Waals surface area contributed by atoms with Crippen LogP contribution >= 0.6 is 11.3 Å². The number of aromatic nitrogens is 2. The van der Waals surface area contributed by atoms with Crippen LogP contribution in [0, 0.1) is 12.7 Å². The first-order valence-electron chi connectivity index (χ1n) is 7.93. The molecule has 5 nitrogen and oxygen atoms in total. The van der Waals surface area contributed by atoms with Gasteiger partial charge in [0.05, 0.1) is 33.9 Å². The van der Waals surface area contributed by atoms with Crippen molar-refractivity contribution < 1.29 is 13.6 Å². The molecule has 0 fully saturated rings. The predicted molar refractivity (Wildman–Crippen MR) is 97.4 cm³/mol. The number of hydrogen-bond donors (Lipinski definition) is 1. The molecule has 3 heterocycles. The summed E-state index contributed by atoms with van der Waals surface area (Å²) in [7, 11) is 0. The van der Waals surface area contributed by atoms with E-state index in [1.807, 2.05) is 17.5 Å². The van der Waals surface area contributed by atoms with Gasteiger partial charge in [-0.2, -0.15) is 0 Å². The molecule has 1 aromatic carbocycles. The molecule has 0 aliphatic heterocycles. The third-order valence-electron chi connectivity index (χ3n) is 3.93. The lowest BCUT2D eigenvalue weighted by atomic mass is 10.1. The molecule has 4 rings (SSSR count). The number of nitrogens with one attached hydrogen (secondary N) is 1. The van der Waals surface area contributed by atoms with E-state index < -0.39 is 0 Å². The monoisotopic (exact) mass is 367 g/mol. The lowest BCUT2D eigenvalue weighted by molar-refractivity contribution is 0.0949. The molecule has 0 spiro atoms. The molecule has 0 unspecified atom stereocenters. The van der Waals surface area contributed by atoms with Crippen LogP contribution in [0.15, 0.2) is 52.5 Å². The summed E-state index contributed by atoms with van der Waals surface area (Å²) >= 11 is 1.54. The van der Waals surface area contributed by atoms with Crippen molar-refractivity contribution in [2.45, 2.75) is 13.5 Å². The zero-order valence-corrected chi connectivity index (χ0v) is 14.6. The molecule has 0 saturated carbocycles. The molecule has 7 heteroatoms. The molecule has 3 aromatic heterocycles. The first-order valence-corrected chi connectivity index (χ1v) is 8.81. The topological polar surface area (TPSA) is 68.0 Å². The number of halogens is 1. The van der Waals surface area contributed by atoms with Gasteiger partial charge in [-0.15, -0.1) is 11.3 Å². The summed E-state index contributed by atoms with van der Waals surface area (Å²) in [5, 5.41) is 5.48. The first kappa shape index (κ1) is 16.4. The van der Waals surface area contributed by atoms with Gasteiger partial charge < -0.3 is 9.73 Å². The third kappa shape index (κ3) is 3.21. The summed E-state index contributed by atoms with van der Waals surface area (Å²) in [4.78, 5) is 22.1. The van der Waals surface area contributed by atoms with Crippen molar-refractivity contribution in [1.29, 1.82) is 0 Å². The lowest BCUT2D eigenvalue weighted by Crippen LogP contribution is -2.24. The van der Waals surface area contributed by atoms with E-state index in [-0.39, 0.29) is 18.3 Å². The van der Waals surface area contributed by atoms with Gasteiger partial charge in [0.25, 0.3) is 5.91 Å². The summed E-state index contributed by atoms with van der Waals surface area (Å²) in [6.45, 7) is 1.97. The Bertz CT molecular complexity index is 1090. The Balaban J connectivity index is 1.51. The first-order chi connectivity index (χ1) is 12.6. The van der Waals surface area contributed by atoms with Crippen LogP contribution < -0.4 is 5.32 Å². The van der Waals surface area contributed by atoms with Crippen LogP contribution in [0.3, 0.4) is 0 Å². The molecule has 130 valence electrons. The van der Waals surface area contributed by atoms with E-state index in [0.29, 0.717) is 33.7 Å². The van der Waals surface area contributed by atoms with Gasteiger partial charge in [0, 0.05) is 11.5 Å². The maximum Gasteiger partial charge on any atom is 0.253 e. The van der Waals surface area contributed by atoms with Gasteiger partial charge in [-0.05, 0) is 36.6 Å². The van der Waals surface area contributed by atoms with Crippen LogP contribution in [0.2, 0.25) is 0 Å². The maximum atomic E-state index is 13.3. The highest BCUT2D eigenvalue weighted by Gasteiger charge is 2.13.